The number of anilines is 1. The molecule has 1 N–H and O–H groups in total. The summed E-state index contributed by atoms with van der Waals surface area (Å²) in [6.07, 6.45) is 4.14. The summed E-state index contributed by atoms with van der Waals surface area (Å²) in [6, 6.07) is 19.7. The number of nitrogens with zero attached hydrogens (tertiary/aromatic N) is 3. The SMILES string of the molecule is Cc1ccc2c(c1)CN(S(=O)(=O)c1cccs1)C(Cc1ccccc1)CN2Cc1cnc[nH]1. The van der Waals surface area contributed by atoms with Crippen LogP contribution in [0.25, 0.3) is 0 Å². The van der Waals surface area contributed by atoms with E-state index in [0.29, 0.717) is 30.3 Å². The summed E-state index contributed by atoms with van der Waals surface area (Å²) >= 11 is 1.27. The molecule has 0 saturated heterocycles. The van der Waals surface area contributed by atoms with Gasteiger partial charge < -0.3 is 9.88 Å². The first-order valence-electron chi connectivity index (χ1n) is 10.9. The molecule has 3 heterocycles. The largest absolute Gasteiger partial charge is 0.364 e. The Morgan fingerprint density at radius 2 is 1.97 bits per heavy atom. The van der Waals surface area contributed by atoms with E-state index in [9.17, 15) is 8.42 Å². The lowest BCUT2D eigenvalue weighted by Gasteiger charge is -2.31. The maximum absolute atomic E-state index is 13.8. The highest BCUT2D eigenvalue weighted by atomic mass is 32.2. The van der Waals surface area contributed by atoms with Crippen molar-refractivity contribution in [2.75, 3.05) is 11.4 Å². The first-order valence-corrected chi connectivity index (χ1v) is 13.2. The van der Waals surface area contributed by atoms with Crippen molar-refractivity contribution in [3.05, 3.63) is 101 Å². The minimum atomic E-state index is -3.65. The van der Waals surface area contributed by atoms with Crippen LogP contribution in [0.2, 0.25) is 0 Å². The molecule has 4 aromatic rings. The van der Waals surface area contributed by atoms with Gasteiger partial charge in [0.15, 0.2) is 0 Å². The normalized spacial score (nSPS) is 17.0. The Hall–Kier alpha value is -2.94. The van der Waals surface area contributed by atoms with E-state index in [4.69, 9.17) is 0 Å². The molecule has 0 amide bonds. The number of benzene rings is 2. The second-order valence-electron chi connectivity index (χ2n) is 8.42. The summed E-state index contributed by atoms with van der Waals surface area (Å²) in [4.78, 5) is 9.64. The van der Waals surface area contributed by atoms with Gasteiger partial charge in [-0.15, -0.1) is 11.3 Å². The van der Waals surface area contributed by atoms with Crippen molar-refractivity contribution in [2.24, 2.45) is 0 Å². The third-order valence-electron chi connectivity index (χ3n) is 6.03. The third kappa shape index (κ3) is 4.59. The number of fused-ring (bicyclic) bond motifs is 1. The molecule has 2 aromatic heterocycles. The Morgan fingerprint density at radius 3 is 2.70 bits per heavy atom. The third-order valence-corrected chi connectivity index (χ3v) is 9.30. The standard InChI is InChI=1S/C25H26N4O2S2/c1-19-9-10-24-21(12-19)15-29(33(30,31)25-8-5-11-32-25)23(13-20-6-3-2-4-7-20)17-28(24)16-22-14-26-18-27-22/h2-12,14,18,23H,13,15-17H2,1H3,(H,26,27). The van der Waals surface area contributed by atoms with E-state index in [0.717, 1.165) is 28.1 Å². The molecule has 170 valence electrons. The van der Waals surface area contributed by atoms with Crippen LogP contribution in [0.1, 0.15) is 22.4 Å². The molecule has 0 fully saturated rings. The molecule has 5 rings (SSSR count). The van der Waals surface area contributed by atoms with Crippen LogP contribution in [0.3, 0.4) is 0 Å². The highest BCUT2D eigenvalue weighted by Gasteiger charge is 2.37. The molecule has 0 saturated carbocycles. The average Bonchev–Trinajstić information content (AvgIpc) is 3.50. The molecular formula is C25H26N4O2S2. The second-order valence-corrected chi connectivity index (χ2v) is 11.5. The van der Waals surface area contributed by atoms with Crippen molar-refractivity contribution in [3.63, 3.8) is 0 Å². The van der Waals surface area contributed by atoms with Gasteiger partial charge in [-0.1, -0.05) is 54.1 Å². The molecular weight excluding hydrogens is 452 g/mol. The van der Waals surface area contributed by atoms with Gasteiger partial charge in [0.2, 0.25) is 0 Å². The first-order chi connectivity index (χ1) is 16.0. The van der Waals surface area contributed by atoms with Crippen molar-refractivity contribution < 1.29 is 8.42 Å². The minimum Gasteiger partial charge on any atom is -0.364 e. The zero-order valence-electron chi connectivity index (χ0n) is 18.4. The van der Waals surface area contributed by atoms with Gasteiger partial charge in [0, 0.05) is 31.0 Å². The molecule has 8 heteroatoms. The maximum atomic E-state index is 13.8. The van der Waals surface area contributed by atoms with Gasteiger partial charge in [-0.05, 0) is 42.0 Å². The molecule has 0 bridgehead atoms. The second kappa shape index (κ2) is 9.13. The minimum absolute atomic E-state index is 0.227. The number of aromatic amines is 1. The molecule has 0 radical (unpaired) electrons. The predicted molar refractivity (Wildman–Crippen MR) is 132 cm³/mol. The molecule has 1 atom stereocenters. The quantitative estimate of drug-likeness (QED) is 0.440. The van der Waals surface area contributed by atoms with Crippen molar-refractivity contribution >= 4 is 27.0 Å². The van der Waals surface area contributed by atoms with E-state index >= 15 is 0 Å². The van der Waals surface area contributed by atoms with Crippen LogP contribution >= 0.6 is 11.3 Å². The fourth-order valence-corrected chi connectivity index (χ4v) is 7.19. The molecule has 0 aliphatic carbocycles. The number of imidazole rings is 1. The van der Waals surface area contributed by atoms with Crippen LogP contribution in [0.5, 0.6) is 0 Å². The number of nitrogens with one attached hydrogen (secondary N) is 1. The number of aryl methyl sites for hydroxylation is 1. The smallest absolute Gasteiger partial charge is 0.253 e. The van der Waals surface area contributed by atoms with Crippen LogP contribution in [0.15, 0.2) is 82.8 Å². The lowest BCUT2D eigenvalue weighted by Crippen LogP contribution is -2.45. The monoisotopic (exact) mass is 478 g/mol. The Labute approximate surface area is 198 Å². The van der Waals surface area contributed by atoms with E-state index in [1.54, 1.807) is 22.8 Å². The summed E-state index contributed by atoms with van der Waals surface area (Å²) < 4.78 is 29.7. The number of hydrogen-bond donors (Lipinski definition) is 1. The first kappa shape index (κ1) is 21.9. The van der Waals surface area contributed by atoms with Gasteiger partial charge in [-0.3, -0.25) is 0 Å². The van der Waals surface area contributed by atoms with Crippen molar-refractivity contribution in [2.45, 2.75) is 36.7 Å². The highest BCUT2D eigenvalue weighted by Crippen LogP contribution is 2.34. The van der Waals surface area contributed by atoms with Gasteiger partial charge in [-0.2, -0.15) is 4.31 Å². The summed E-state index contributed by atoms with van der Waals surface area (Å²) in [5, 5.41) is 1.82. The highest BCUT2D eigenvalue weighted by molar-refractivity contribution is 7.91. The van der Waals surface area contributed by atoms with Crippen molar-refractivity contribution in [1.29, 1.82) is 0 Å². The number of hydrogen-bond acceptors (Lipinski definition) is 5. The van der Waals surface area contributed by atoms with E-state index < -0.39 is 10.0 Å². The molecule has 2 aromatic carbocycles. The summed E-state index contributed by atoms with van der Waals surface area (Å²) in [5.41, 5.74) is 5.32. The van der Waals surface area contributed by atoms with Gasteiger partial charge in [0.1, 0.15) is 4.21 Å². The fraction of sp³-hybridized carbons (Fsp3) is 0.240. The van der Waals surface area contributed by atoms with E-state index in [2.05, 4.69) is 45.2 Å². The Morgan fingerprint density at radius 1 is 1.12 bits per heavy atom. The van der Waals surface area contributed by atoms with Crippen LogP contribution in [-0.4, -0.2) is 35.3 Å². The van der Waals surface area contributed by atoms with Crippen LogP contribution in [-0.2, 0) is 29.5 Å². The molecule has 1 aliphatic rings. The number of thiophene rings is 1. The van der Waals surface area contributed by atoms with Crippen LogP contribution < -0.4 is 4.90 Å². The number of H-pyrrole nitrogens is 1. The lowest BCUT2D eigenvalue weighted by molar-refractivity contribution is 0.318. The van der Waals surface area contributed by atoms with Gasteiger partial charge >= 0.3 is 0 Å². The topological polar surface area (TPSA) is 69.3 Å². The van der Waals surface area contributed by atoms with Crippen LogP contribution in [0, 0.1) is 6.92 Å². The van der Waals surface area contributed by atoms with E-state index in [1.165, 1.54) is 11.3 Å². The molecule has 6 nitrogen and oxygen atoms in total. The molecule has 0 spiro atoms. The van der Waals surface area contributed by atoms with Crippen molar-refractivity contribution in [3.8, 4) is 0 Å². The fourth-order valence-electron chi connectivity index (χ4n) is 4.48. The van der Waals surface area contributed by atoms with Gasteiger partial charge in [0.25, 0.3) is 10.0 Å². The predicted octanol–water partition coefficient (Wildman–Crippen LogP) is 4.60. The van der Waals surface area contributed by atoms with Crippen LogP contribution in [0.4, 0.5) is 5.69 Å². The van der Waals surface area contributed by atoms with Gasteiger partial charge in [0.05, 0.1) is 18.6 Å². The molecule has 33 heavy (non-hydrogen) atoms. The summed E-state index contributed by atoms with van der Waals surface area (Å²) in [6.45, 7) is 3.60. The van der Waals surface area contributed by atoms with E-state index in [1.807, 2.05) is 36.7 Å². The number of rotatable bonds is 6. The number of aromatic nitrogens is 2. The Kier molecular flexibility index (Phi) is 6.05. The average molecular weight is 479 g/mol. The summed E-state index contributed by atoms with van der Waals surface area (Å²) in [7, 11) is -3.65. The Bertz CT molecular complexity index is 1300. The molecule has 1 aliphatic heterocycles. The number of sulfonamides is 1. The maximum Gasteiger partial charge on any atom is 0.253 e. The zero-order valence-corrected chi connectivity index (χ0v) is 20.0. The zero-order chi connectivity index (χ0) is 22.8. The van der Waals surface area contributed by atoms with Crippen molar-refractivity contribution in [1.82, 2.24) is 14.3 Å². The molecule has 1 unspecified atom stereocenters. The van der Waals surface area contributed by atoms with Gasteiger partial charge in [-0.25, -0.2) is 13.4 Å². The Balaban J connectivity index is 1.60. The summed E-state index contributed by atoms with van der Waals surface area (Å²) in [5.74, 6) is 0. The van der Waals surface area contributed by atoms with E-state index in [-0.39, 0.29) is 6.04 Å². The lowest BCUT2D eigenvalue weighted by atomic mass is 10.1.